The highest BCUT2D eigenvalue weighted by Crippen LogP contribution is 2.51. The van der Waals surface area contributed by atoms with Gasteiger partial charge in [0.05, 0.1) is 0 Å². The number of alkyl halides is 2. The van der Waals surface area contributed by atoms with Gasteiger partial charge in [0, 0.05) is 12.6 Å². The van der Waals surface area contributed by atoms with Crippen LogP contribution in [-0.2, 0) is 0 Å². The average Bonchev–Trinajstić information content (AvgIpc) is 3.16. The molecule has 0 aromatic heterocycles. The largest absolute Gasteiger partial charge is 0.435 e. The Hall–Kier alpha value is -1.16. The molecule has 0 radical (unpaired) electrons. The third kappa shape index (κ3) is 3.69. The van der Waals surface area contributed by atoms with E-state index in [1.54, 1.807) is 18.2 Å². The van der Waals surface area contributed by atoms with Crippen molar-refractivity contribution >= 4 is 0 Å². The summed E-state index contributed by atoms with van der Waals surface area (Å²) in [5.41, 5.74) is 1.41. The lowest BCUT2D eigenvalue weighted by molar-refractivity contribution is -0.0499. The zero-order chi connectivity index (χ0) is 14.8. The highest BCUT2D eigenvalue weighted by molar-refractivity contribution is 5.30. The average molecular weight is 283 g/mol. The normalized spacial score (nSPS) is 18.4. The lowest BCUT2D eigenvalue weighted by Gasteiger charge is -2.23. The third-order valence-corrected chi connectivity index (χ3v) is 4.46. The van der Waals surface area contributed by atoms with E-state index in [1.807, 2.05) is 6.07 Å². The molecule has 1 aromatic carbocycles. The first-order chi connectivity index (χ1) is 9.43. The molecule has 1 N–H and O–H groups in total. The standard InChI is InChI=1S/C16H23F2NO/c1-11(2)16(7-8-16)10-19-12(3)13-5-4-6-14(9-13)20-15(17)18/h4-6,9,11-12,15,19H,7-8,10H2,1-3H3. The molecule has 1 aliphatic carbocycles. The zero-order valence-electron chi connectivity index (χ0n) is 12.3. The van der Waals surface area contributed by atoms with Gasteiger partial charge in [-0.2, -0.15) is 8.78 Å². The summed E-state index contributed by atoms with van der Waals surface area (Å²) in [5.74, 6) is 0.895. The second-order valence-electron chi connectivity index (χ2n) is 6.07. The van der Waals surface area contributed by atoms with Crippen molar-refractivity contribution in [1.29, 1.82) is 0 Å². The van der Waals surface area contributed by atoms with Gasteiger partial charge in [0.15, 0.2) is 0 Å². The molecule has 0 spiro atoms. The fourth-order valence-electron chi connectivity index (χ4n) is 2.55. The molecule has 20 heavy (non-hydrogen) atoms. The van der Waals surface area contributed by atoms with E-state index < -0.39 is 6.61 Å². The van der Waals surface area contributed by atoms with Crippen LogP contribution in [0.1, 0.15) is 45.2 Å². The Bertz CT molecular complexity index is 444. The second-order valence-corrected chi connectivity index (χ2v) is 6.07. The minimum atomic E-state index is -2.77. The summed E-state index contributed by atoms with van der Waals surface area (Å²) >= 11 is 0. The summed E-state index contributed by atoms with van der Waals surface area (Å²) in [7, 11) is 0. The number of hydrogen-bond donors (Lipinski definition) is 1. The highest BCUT2D eigenvalue weighted by Gasteiger charge is 2.44. The first kappa shape index (κ1) is 15.2. The van der Waals surface area contributed by atoms with E-state index >= 15 is 0 Å². The SMILES string of the molecule is CC(NCC1(C(C)C)CC1)c1cccc(OC(F)F)c1. The Morgan fingerprint density at radius 1 is 1.25 bits per heavy atom. The zero-order valence-corrected chi connectivity index (χ0v) is 12.3. The predicted octanol–water partition coefficient (Wildman–Crippen LogP) is 4.37. The third-order valence-electron chi connectivity index (χ3n) is 4.46. The number of benzene rings is 1. The van der Waals surface area contributed by atoms with Gasteiger partial charge in [-0.3, -0.25) is 0 Å². The van der Waals surface area contributed by atoms with E-state index in [1.165, 1.54) is 12.8 Å². The minimum Gasteiger partial charge on any atom is -0.435 e. The van der Waals surface area contributed by atoms with Crippen LogP contribution in [0.25, 0.3) is 0 Å². The van der Waals surface area contributed by atoms with Crippen LogP contribution in [0.3, 0.4) is 0 Å². The van der Waals surface area contributed by atoms with Crippen LogP contribution in [0.15, 0.2) is 24.3 Å². The van der Waals surface area contributed by atoms with Crippen molar-refractivity contribution in [3.63, 3.8) is 0 Å². The first-order valence-corrected chi connectivity index (χ1v) is 7.21. The van der Waals surface area contributed by atoms with Crippen LogP contribution in [0.4, 0.5) is 8.78 Å². The van der Waals surface area contributed by atoms with Crippen molar-refractivity contribution in [2.75, 3.05) is 6.54 Å². The fraction of sp³-hybridized carbons (Fsp3) is 0.625. The van der Waals surface area contributed by atoms with Gasteiger partial charge in [-0.1, -0.05) is 26.0 Å². The van der Waals surface area contributed by atoms with Gasteiger partial charge in [-0.05, 0) is 48.8 Å². The van der Waals surface area contributed by atoms with Gasteiger partial charge in [0.25, 0.3) is 0 Å². The van der Waals surface area contributed by atoms with E-state index in [0.29, 0.717) is 11.3 Å². The minimum absolute atomic E-state index is 0.132. The molecular formula is C16H23F2NO. The summed E-state index contributed by atoms with van der Waals surface area (Å²) < 4.78 is 28.9. The number of rotatable bonds is 7. The van der Waals surface area contributed by atoms with Crippen LogP contribution >= 0.6 is 0 Å². The topological polar surface area (TPSA) is 21.3 Å². The van der Waals surface area contributed by atoms with Crippen molar-refractivity contribution in [1.82, 2.24) is 5.32 Å². The molecule has 1 atom stereocenters. The maximum atomic E-state index is 12.2. The molecule has 1 saturated carbocycles. The molecule has 0 saturated heterocycles. The van der Waals surface area contributed by atoms with Crippen molar-refractivity contribution < 1.29 is 13.5 Å². The Kier molecular flexibility index (Phi) is 4.63. The van der Waals surface area contributed by atoms with Crippen LogP contribution in [0.2, 0.25) is 0 Å². The number of nitrogens with one attached hydrogen (secondary N) is 1. The summed E-state index contributed by atoms with van der Waals surface area (Å²) in [6.07, 6.45) is 2.55. The molecule has 2 nitrogen and oxygen atoms in total. The van der Waals surface area contributed by atoms with E-state index in [9.17, 15) is 8.78 Å². The Morgan fingerprint density at radius 3 is 2.50 bits per heavy atom. The Balaban J connectivity index is 1.93. The lowest BCUT2D eigenvalue weighted by atomic mass is 9.92. The van der Waals surface area contributed by atoms with Crippen molar-refractivity contribution in [3.8, 4) is 5.75 Å². The second kappa shape index (κ2) is 6.08. The van der Waals surface area contributed by atoms with Crippen molar-refractivity contribution in [3.05, 3.63) is 29.8 Å². The molecule has 0 aliphatic heterocycles. The smallest absolute Gasteiger partial charge is 0.387 e. The predicted molar refractivity (Wildman–Crippen MR) is 76.0 cm³/mol. The monoisotopic (exact) mass is 283 g/mol. The molecule has 0 heterocycles. The van der Waals surface area contributed by atoms with E-state index in [2.05, 4.69) is 30.8 Å². The summed E-state index contributed by atoms with van der Waals surface area (Å²) in [4.78, 5) is 0. The Morgan fingerprint density at radius 2 is 1.95 bits per heavy atom. The maximum absolute atomic E-state index is 12.2. The molecule has 4 heteroatoms. The summed E-state index contributed by atoms with van der Waals surface area (Å²) in [5, 5.41) is 3.52. The quantitative estimate of drug-likeness (QED) is 0.802. The van der Waals surface area contributed by atoms with Crippen LogP contribution in [-0.4, -0.2) is 13.2 Å². The molecule has 1 aromatic rings. The number of ether oxygens (including phenoxy) is 1. The highest BCUT2D eigenvalue weighted by atomic mass is 19.3. The maximum Gasteiger partial charge on any atom is 0.387 e. The van der Waals surface area contributed by atoms with Gasteiger partial charge in [0.2, 0.25) is 0 Å². The van der Waals surface area contributed by atoms with Gasteiger partial charge >= 0.3 is 6.61 Å². The van der Waals surface area contributed by atoms with Crippen molar-refractivity contribution in [2.45, 2.75) is 46.3 Å². The molecule has 0 amide bonds. The summed E-state index contributed by atoms with van der Waals surface area (Å²) in [6, 6.07) is 7.05. The first-order valence-electron chi connectivity index (χ1n) is 7.21. The van der Waals surface area contributed by atoms with Gasteiger partial charge in [-0.15, -0.1) is 0 Å². The van der Waals surface area contributed by atoms with E-state index in [-0.39, 0.29) is 11.8 Å². The molecule has 112 valence electrons. The fourth-order valence-corrected chi connectivity index (χ4v) is 2.55. The van der Waals surface area contributed by atoms with Crippen LogP contribution in [0, 0.1) is 11.3 Å². The molecule has 1 fully saturated rings. The van der Waals surface area contributed by atoms with Crippen LogP contribution < -0.4 is 10.1 Å². The van der Waals surface area contributed by atoms with Crippen LogP contribution in [0.5, 0.6) is 5.75 Å². The summed E-state index contributed by atoms with van der Waals surface area (Å²) in [6.45, 7) is 4.78. The number of hydrogen-bond acceptors (Lipinski definition) is 2. The molecule has 1 unspecified atom stereocenters. The van der Waals surface area contributed by atoms with Gasteiger partial charge in [0.1, 0.15) is 5.75 Å². The van der Waals surface area contributed by atoms with Gasteiger partial charge in [-0.25, -0.2) is 0 Å². The Labute approximate surface area is 119 Å². The molecular weight excluding hydrogens is 260 g/mol. The van der Waals surface area contributed by atoms with E-state index in [4.69, 9.17) is 0 Å². The van der Waals surface area contributed by atoms with Gasteiger partial charge < -0.3 is 10.1 Å². The molecule has 2 rings (SSSR count). The number of halogens is 2. The molecule has 1 aliphatic rings. The van der Waals surface area contributed by atoms with E-state index in [0.717, 1.165) is 12.1 Å². The molecule has 0 bridgehead atoms. The van der Waals surface area contributed by atoms with Crippen molar-refractivity contribution in [2.24, 2.45) is 11.3 Å². The lowest BCUT2D eigenvalue weighted by Crippen LogP contribution is -2.29.